The van der Waals surface area contributed by atoms with Crippen molar-refractivity contribution in [2.45, 2.75) is 27.2 Å². The summed E-state index contributed by atoms with van der Waals surface area (Å²) in [7, 11) is 0. The van der Waals surface area contributed by atoms with E-state index in [2.05, 4.69) is 24.5 Å². The van der Waals surface area contributed by atoms with E-state index in [1.165, 1.54) is 0 Å². The van der Waals surface area contributed by atoms with Gasteiger partial charge in [0, 0.05) is 11.6 Å². The van der Waals surface area contributed by atoms with Crippen molar-refractivity contribution in [1.29, 1.82) is 0 Å². The van der Waals surface area contributed by atoms with Gasteiger partial charge >= 0.3 is 6.03 Å². The minimum absolute atomic E-state index is 0.151. The average Bonchev–Trinajstić information content (AvgIpc) is 2.36. The number of hydrogen-bond acceptors (Lipinski definition) is 2. The maximum absolute atomic E-state index is 11.5. The lowest BCUT2D eigenvalue weighted by molar-refractivity contribution is 0.236. The van der Waals surface area contributed by atoms with Crippen LogP contribution in [0.2, 0.25) is 5.02 Å². The highest BCUT2D eigenvalue weighted by atomic mass is 35.5. The Kier molecular flexibility index (Phi) is 7.23. The van der Waals surface area contributed by atoms with E-state index in [1.807, 2.05) is 19.1 Å². The number of ether oxygens (including phenoxy) is 1. The lowest BCUT2D eigenvalue weighted by atomic mass is 10.1. The predicted molar refractivity (Wildman–Crippen MR) is 82.5 cm³/mol. The summed E-state index contributed by atoms with van der Waals surface area (Å²) >= 11 is 5.87. The molecule has 0 heterocycles. The van der Waals surface area contributed by atoms with Crippen LogP contribution in [0.4, 0.5) is 4.79 Å². The van der Waals surface area contributed by atoms with E-state index in [0.717, 1.165) is 17.7 Å². The van der Waals surface area contributed by atoms with Gasteiger partial charge < -0.3 is 15.4 Å². The molecule has 20 heavy (non-hydrogen) atoms. The highest BCUT2D eigenvalue weighted by molar-refractivity contribution is 6.30. The average molecular weight is 299 g/mol. The van der Waals surface area contributed by atoms with Gasteiger partial charge in [0.15, 0.2) is 0 Å². The number of amides is 2. The second kappa shape index (κ2) is 8.69. The zero-order valence-corrected chi connectivity index (χ0v) is 13.1. The zero-order chi connectivity index (χ0) is 15.0. The molecule has 112 valence electrons. The number of halogens is 1. The molecule has 0 aliphatic carbocycles. The first kappa shape index (κ1) is 16.6. The molecule has 0 fully saturated rings. The van der Waals surface area contributed by atoms with Crippen molar-refractivity contribution in [2.24, 2.45) is 5.92 Å². The quantitative estimate of drug-likeness (QED) is 0.758. The highest BCUT2D eigenvalue weighted by Crippen LogP contribution is 2.21. The fraction of sp³-hybridized carbons (Fsp3) is 0.533. The molecule has 0 bridgehead atoms. The maximum atomic E-state index is 11.5. The lowest BCUT2D eigenvalue weighted by Crippen LogP contribution is -2.38. The van der Waals surface area contributed by atoms with Crippen molar-refractivity contribution in [2.75, 3.05) is 19.7 Å². The van der Waals surface area contributed by atoms with E-state index in [4.69, 9.17) is 16.3 Å². The molecule has 0 aliphatic rings. The standard InChI is InChI=1S/C15H23ClN2O2/c1-11(2)6-7-17-15(19)18-8-9-20-14-5-4-13(16)10-12(14)3/h4-5,10-11H,6-9H2,1-3H3,(H2,17,18,19). The van der Waals surface area contributed by atoms with E-state index in [0.29, 0.717) is 30.6 Å². The number of hydrogen-bond donors (Lipinski definition) is 2. The fourth-order valence-electron chi connectivity index (χ4n) is 1.64. The van der Waals surface area contributed by atoms with E-state index in [-0.39, 0.29) is 6.03 Å². The largest absolute Gasteiger partial charge is 0.491 e. The maximum Gasteiger partial charge on any atom is 0.314 e. The molecule has 1 aromatic rings. The molecule has 0 aliphatic heterocycles. The Hall–Kier alpha value is -1.42. The number of rotatable bonds is 7. The Morgan fingerprint density at radius 1 is 1.30 bits per heavy atom. The molecule has 0 saturated heterocycles. The Bertz CT molecular complexity index is 436. The predicted octanol–water partition coefficient (Wildman–Crippen LogP) is 3.37. The summed E-state index contributed by atoms with van der Waals surface area (Å²) in [6, 6.07) is 5.32. The van der Waals surface area contributed by atoms with Gasteiger partial charge in [0.05, 0.1) is 6.54 Å². The van der Waals surface area contributed by atoms with Gasteiger partial charge in [-0.3, -0.25) is 0 Å². The van der Waals surface area contributed by atoms with Crippen LogP contribution in [0.5, 0.6) is 5.75 Å². The topological polar surface area (TPSA) is 50.4 Å². The van der Waals surface area contributed by atoms with Gasteiger partial charge in [0.1, 0.15) is 12.4 Å². The number of nitrogens with one attached hydrogen (secondary N) is 2. The van der Waals surface area contributed by atoms with E-state index in [9.17, 15) is 4.79 Å². The number of urea groups is 1. The molecular formula is C15H23ClN2O2. The van der Waals surface area contributed by atoms with Crippen molar-refractivity contribution in [3.05, 3.63) is 28.8 Å². The summed E-state index contributed by atoms with van der Waals surface area (Å²) in [6.45, 7) is 7.79. The second-order valence-corrected chi connectivity index (χ2v) is 5.56. The molecule has 0 spiro atoms. The molecular weight excluding hydrogens is 276 g/mol. The first-order chi connectivity index (χ1) is 9.49. The van der Waals surface area contributed by atoms with Gasteiger partial charge in [0.25, 0.3) is 0 Å². The fourth-order valence-corrected chi connectivity index (χ4v) is 1.86. The third-order valence-electron chi connectivity index (χ3n) is 2.79. The second-order valence-electron chi connectivity index (χ2n) is 5.12. The van der Waals surface area contributed by atoms with E-state index in [1.54, 1.807) is 6.07 Å². The molecule has 0 saturated carbocycles. The smallest absolute Gasteiger partial charge is 0.314 e. The van der Waals surface area contributed by atoms with E-state index >= 15 is 0 Å². The summed E-state index contributed by atoms with van der Waals surface area (Å²) in [4.78, 5) is 11.5. The van der Waals surface area contributed by atoms with Crippen LogP contribution >= 0.6 is 11.6 Å². The van der Waals surface area contributed by atoms with Gasteiger partial charge in [0.2, 0.25) is 0 Å². The summed E-state index contributed by atoms with van der Waals surface area (Å²) in [5, 5.41) is 6.26. The van der Waals surface area contributed by atoms with Crippen molar-refractivity contribution < 1.29 is 9.53 Å². The number of benzene rings is 1. The highest BCUT2D eigenvalue weighted by Gasteiger charge is 2.02. The van der Waals surface area contributed by atoms with Gasteiger partial charge in [-0.05, 0) is 43.0 Å². The van der Waals surface area contributed by atoms with Crippen LogP contribution in [0.1, 0.15) is 25.8 Å². The minimum Gasteiger partial charge on any atom is -0.491 e. The molecule has 5 heteroatoms. The summed E-state index contributed by atoms with van der Waals surface area (Å²) < 4.78 is 5.58. The summed E-state index contributed by atoms with van der Waals surface area (Å²) in [6.07, 6.45) is 0.980. The van der Waals surface area contributed by atoms with Gasteiger partial charge in [-0.2, -0.15) is 0 Å². The van der Waals surface area contributed by atoms with Crippen LogP contribution in [0.25, 0.3) is 0 Å². The first-order valence-electron chi connectivity index (χ1n) is 6.89. The van der Waals surface area contributed by atoms with E-state index < -0.39 is 0 Å². The van der Waals surface area contributed by atoms with Gasteiger partial charge in [-0.15, -0.1) is 0 Å². The molecule has 2 N–H and O–H groups in total. The molecule has 0 atom stereocenters. The zero-order valence-electron chi connectivity index (χ0n) is 12.3. The molecule has 4 nitrogen and oxygen atoms in total. The van der Waals surface area contributed by atoms with Crippen molar-refractivity contribution in [3.8, 4) is 5.75 Å². The van der Waals surface area contributed by atoms with Crippen LogP contribution in [0.3, 0.4) is 0 Å². The van der Waals surface area contributed by atoms with Gasteiger partial charge in [-0.1, -0.05) is 25.4 Å². The molecule has 0 aromatic heterocycles. The third-order valence-corrected chi connectivity index (χ3v) is 3.02. The molecule has 0 radical (unpaired) electrons. The van der Waals surface area contributed by atoms with Gasteiger partial charge in [-0.25, -0.2) is 4.79 Å². The lowest BCUT2D eigenvalue weighted by Gasteiger charge is -2.11. The van der Waals surface area contributed by atoms with Crippen molar-refractivity contribution >= 4 is 17.6 Å². The Labute approximate surface area is 125 Å². The Balaban J connectivity index is 2.16. The molecule has 2 amide bonds. The number of carbonyl (C=O) groups is 1. The number of aryl methyl sites for hydroxylation is 1. The summed E-state index contributed by atoms with van der Waals surface area (Å²) in [5.74, 6) is 1.38. The Morgan fingerprint density at radius 3 is 2.65 bits per heavy atom. The first-order valence-corrected chi connectivity index (χ1v) is 7.27. The monoisotopic (exact) mass is 298 g/mol. The molecule has 1 aromatic carbocycles. The minimum atomic E-state index is -0.151. The third kappa shape index (κ3) is 6.66. The van der Waals surface area contributed by atoms with Crippen molar-refractivity contribution in [1.82, 2.24) is 10.6 Å². The number of carbonyl (C=O) groups excluding carboxylic acids is 1. The van der Waals surface area contributed by atoms with Crippen LogP contribution in [-0.2, 0) is 0 Å². The van der Waals surface area contributed by atoms with Crippen LogP contribution in [-0.4, -0.2) is 25.7 Å². The van der Waals surface area contributed by atoms with Crippen LogP contribution < -0.4 is 15.4 Å². The Morgan fingerprint density at radius 2 is 2.00 bits per heavy atom. The van der Waals surface area contributed by atoms with Crippen LogP contribution in [0.15, 0.2) is 18.2 Å². The van der Waals surface area contributed by atoms with Crippen molar-refractivity contribution in [3.63, 3.8) is 0 Å². The molecule has 0 unspecified atom stereocenters. The molecule has 1 rings (SSSR count). The SMILES string of the molecule is Cc1cc(Cl)ccc1OCCNC(=O)NCCC(C)C. The summed E-state index contributed by atoms with van der Waals surface area (Å²) in [5.41, 5.74) is 0.985. The normalized spacial score (nSPS) is 10.4. The van der Waals surface area contributed by atoms with Crippen LogP contribution in [0, 0.1) is 12.8 Å².